The van der Waals surface area contributed by atoms with Gasteiger partial charge in [-0.3, -0.25) is 4.79 Å². The summed E-state index contributed by atoms with van der Waals surface area (Å²) < 4.78 is 15.4. The first-order valence-corrected chi connectivity index (χ1v) is 11.0. The van der Waals surface area contributed by atoms with Crippen molar-refractivity contribution >= 4 is 11.9 Å². The maximum atomic E-state index is 13.0. The van der Waals surface area contributed by atoms with Gasteiger partial charge in [-0.1, -0.05) is 42.0 Å². The lowest BCUT2D eigenvalue weighted by Crippen LogP contribution is -2.47. The predicted molar refractivity (Wildman–Crippen MR) is 125 cm³/mol. The predicted octanol–water partition coefficient (Wildman–Crippen LogP) is 4.08. The van der Waals surface area contributed by atoms with Crippen LogP contribution in [0, 0.1) is 40.9 Å². The number of benzene rings is 2. The Hall–Kier alpha value is -4.30. The van der Waals surface area contributed by atoms with Crippen LogP contribution in [0.2, 0.25) is 0 Å². The van der Waals surface area contributed by atoms with Crippen LogP contribution in [0.4, 0.5) is 0 Å². The van der Waals surface area contributed by atoms with Crippen molar-refractivity contribution < 1.29 is 28.9 Å². The van der Waals surface area contributed by atoms with Gasteiger partial charge in [-0.2, -0.15) is 10.5 Å². The lowest BCUT2D eigenvalue weighted by molar-refractivity contribution is -0.147. The summed E-state index contributed by atoms with van der Waals surface area (Å²) in [5.74, 6) is -5.72. The highest BCUT2D eigenvalue weighted by molar-refractivity contribution is 5.94. The molecule has 0 amide bonds. The molecule has 2 aromatic rings. The Morgan fingerprint density at radius 2 is 1.54 bits per heavy atom. The fraction of sp³-hybridized carbons (Fsp3) is 0.333. The number of hydrogen-bond donors (Lipinski definition) is 1. The minimum atomic E-state index is -1.98. The Morgan fingerprint density at radius 3 is 2.03 bits per heavy atom. The van der Waals surface area contributed by atoms with E-state index in [4.69, 9.17) is 14.2 Å². The molecule has 0 radical (unpaired) electrons. The Bertz CT molecular complexity index is 1200. The number of carbonyl (C=O) groups is 2. The van der Waals surface area contributed by atoms with Crippen molar-refractivity contribution in [3.05, 3.63) is 76.6 Å². The van der Waals surface area contributed by atoms with Gasteiger partial charge in [0.05, 0.1) is 44.5 Å². The maximum absolute atomic E-state index is 13.0. The minimum Gasteiger partial charge on any atom is -0.511 e. The lowest BCUT2D eigenvalue weighted by atomic mass is 9.54. The number of esters is 2. The third-order valence-electron chi connectivity index (χ3n) is 6.33. The van der Waals surface area contributed by atoms with E-state index in [1.807, 2.05) is 13.8 Å². The van der Waals surface area contributed by atoms with Gasteiger partial charge in [-0.25, -0.2) is 4.79 Å². The van der Waals surface area contributed by atoms with E-state index in [1.165, 1.54) is 0 Å². The normalized spacial score (nSPS) is 20.8. The van der Waals surface area contributed by atoms with Gasteiger partial charge >= 0.3 is 11.9 Å². The van der Waals surface area contributed by atoms with Gasteiger partial charge in [0, 0.05) is 5.92 Å². The highest BCUT2D eigenvalue weighted by atomic mass is 16.5. The molecule has 0 aliphatic heterocycles. The third-order valence-corrected chi connectivity index (χ3v) is 6.33. The second-order valence-electron chi connectivity index (χ2n) is 8.21. The third kappa shape index (κ3) is 4.31. The number of aryl methyl sites for hydroxylation is 1. The summed E-state index contributed by atoms with van der Waals surface area (Å²) in [4.78, 5) is 25.9. The van der Waals surface area contributed by atoms with Gasteiger partial charge in [0.25, 0.3) is 0 Å². The van der Waals surface area contributed by atoms with Crippen molar-refractivity contribution in [3.8, 4) is 17.9 Å². The Balaban J connectivity index is 2.42. The van der Waals surface area contributed by atoms with E-state index in [0.29, 0.717) is 23.5 Å². The Kier molecular flexibility index (Phi) is 7.46. The van der Waals surface area contributed by atoms with Gasteiger partial charge in [-0.05, 0) is 37.1 Å². The zero-order valence-corrected chi connectivity index (χ0v) is 19.9. The SMILES string of the molecule is CCOc1ccc([C@H]2[C@@H](C(=O)OC)C(O)=C(C(=O)OC)[C@@H](c3ccc(C)cc3)C2(C#N)C#N)cc1. The van der Waals surface area contributed by atoms with Crippen LogP contribution in [0.1, 0.15) is 35.4 Å². The molecule has 1 aliphatic rings. The van der Waals surface area contributed by atoms with E-state index < -0.39 is 40.9 Å². The number of hydrogen-bond acceptors (Lipinski definition) is 8. The molecular weight excluding hydrogens is 448 g/mol. The topological polar surface area (TPSA) is 130 Å². The van der Waals surface area contributed by atoms with E-state index in [2.05, 4.69) is 12.1 Å². The number of nitrogens with zero attached hydrogens (tertiary/aromatic N) is 2. The average Bonchev–Trinajstić information content (AvgIpc) is 2.88. The molecule has 0 aromatic heterocycles. The minimum absolute atomic E-state index is 0.322. The quantitative estimate of drug-likeness (QED) is 0.620. The fourth-order valence-electron chi connectivity index (χ4n) is 4.73. The maximum Gasteiger partial charge on any atom is 0.337 e. The summed E-state index contributed by atoms with van der Waals surface area (Å²) >= 11 is 0. The molecule has 1 aliphatic carbocycles. The van der Waals surface area contributed by atoms with Crippen molar-refractivity contribution in [2.75, 3.05) is 20.8 Å². The van der Waals surface area contributed by atoms with Crippen molar-refractivity contribution in [3.63, 3.8) is 0 Å². The first-order valence-electron chi connectivity index (χ1n) is 11.0. The summed E-state index contributed by atoms with van der Waals surface area (Å²) in [6, 6.07) is 17.7. The summed E-state index contributed by atoms with van der Waals surface area (Å²) in [5, 5.41) is 32.4. The number of nitriles is 2. The van der Waals surface area contributed by atoms with Crippen LogP contribution in [0.3, 0.4) is 0 Å². The van der Waals surface area contributed by atoms with Crippen molar-refractivity contribution in [2.24, 2.45) is 11.3 Å². The largest absolute Gasteiger partial charge is 0.511 e. The molecule has 2 aromatic carbocycles. The van der Waals surface area contributed by atoms with Gasteiger partial charge in [0.1, 0.15) is 17.4 Å². The van der Waals surface area contributed by atoms with Crippen LogP contribution >= 0.6 is 0 Å². The highest BCUT2D eigenvalue weighted by Gasteiger charge is 2.61. The second-order valence-corrected chi connectivity index (χ2v) is 8.21. The van der Waals surface area contributed by atoms with Gasteiger partial charge in [-0.15, -0.1) is 0 Å². The molecule has 35 heavy (non-hydrogen) atoms. The molecule has 0 saturated heterocycles. The van der Waals surface area contributed by atoms with Gasteiger partial charge < -0.3 is 19.3 Å². The number of aliphatic hydroxyl groups excluding tert-OH is 1. The van der Waals surface area contributed by atoms with Crippen LogP contribution in [-0.2, 0) is 19.1 Å². The van der Waals surface area contributed by atoms with Gasteiger partial charge in [0.15, 0.2) is 5.41 Å². The van der Waals surface area contributed by atoms with Crippen molar-refractivity contribution in [1.82, 2.24) is 0 Å². The summed E-state index contributed by atoms with van der Waals surface area (Å²) in [6.45, 7) is 4.15. The number of carbonyl (C=O) groups excluding carboxylic acids is 2. The van der Waals surface area contributed by atoms with Crippen molar-refractivity contribution in [1.29, 1.82) is 10.5 Å². The smallest absolute Gasteiger partial charge is 0.337 e. The monoisotopic (exact) mass is 474 g/mol. The van der Waals surface area contributed by atoms with E-state index >= 15 is 0 Å². The molecule has 0 spiro atoms. The molecule has 0 heterocycles. The molecule has 1 N–H and O–H groups in total. The van der Waals surface area contributed by atoms with E-state index in [1.54, 1.807) is 48.5 Å². The summed E-state index contributed by atoms with van der Waals surface area (Å²) in [5.41, 5.74) is -0.495. The number of rotatable bonds is 6. The molecule has 0 fully saturated rings. The van der Waals surface area contributed by atoms with Crippen LogP contribution < -0.4 is 4.74 Å². The zero-order chi connectivity index (χ0) is 25.8. The fourth-order valence-corrected chi connectivity index (χ4v) is 4.73. The van der Waals surface area contributed by atoms with Crippen LogP contribution in [0.25, 0.3) is 0 Å². The Morgan fingerprint density at radius 1 is 0.971 bits per heavy atom. The molecule has 0 unspecified atom stereocenters. The molecule has 3 rings (SSSR count). The van der Waals surface area contributed by atoms with Crippen LogP contribution in [0.5, 0.6) is 5.75 Å². The summed E-state index contributed by atoms with van der Waals surface area (Å²) in [7, 11) is 2.26. The number of aliphatic hydroxyl groups is 1. The molecule has 0 bridgehead atoms. The first-order chi connectivity index (χ1) is 16.8. The van der Waals surface area contributed by atoms with Gasteiger partial charge in [0.2, 0.25) is 0 Å². The molecule has 8 nitrogen and oxygen atoms in total. The zero-order valence-electron chi connectivity index (χ0n) is 19.9. The first kappa shape index (κ1) is 25.3. The van der Waals surface area contributed by atoms with Crippen LogP contribution in [-0.4, -0.2) is 37.9 Å². The lowest BCUT2D eigenvalue weighted by Gasteiger charge is -2.44. The van der Waals surface area contributed by atoms with E-state index in [0.717, 1.165) is 19.8 Å². The number of methoxy groups -OCH3 is 2. The molecule has 180 valence electrons. The molecule has 8 heteroatoms. The number of ether oxygens (including phenoxy) is 3. The molecule has 0 saturated carbocycles. The highest BCUT2D eigenvalue weighted by Crippen LogP contribution is 2.59. The van der Waals surface area contributed by atoms with E-state index in [9.17, 15) is 25.2 Å². The average molecular weight is 475 g/mol. The Labute approximate surface area is 204 Å². The van der Waals surface area contributed by atoms with Crippen molar-refractivity contribution in [2.45, 2.75) is 25.7 Å². The molecule has 3 atom stereocenters. The molecular formula is C27H26N2O6. The second kappa shape index (κ2) is 10.3. The summed E-state index contributed by atoms with van der Waals surface area (Å²) in [6.07, 6.45) is 0. The standard InChI is InChI=1S/C27H26N2O6/c1-5-35-19-12-10-18(11-13-19)23-21(26(32)34-4)24(30)20(25(31)33-3)22(27(23,14-28)15-29)17-8-6-16(2)7-9-17/h6-13,21-23,30H,5H2,1-4H3/t21-,22-,23+/m1/s1. The van der Waals surface area contributed by atoms with Crippen LogP contribution in [0.15, 0.2) is 59.9 Å². The van der Waals surface area contributed by atoms with E-state index in [-0.39, 0.29) is 5.57 Å².